The zero-order chi connectivity index (χ0) is 16.0. The summed E-state index contributed by atoms with van der Waals surface area (Å²) in [6.45, 7) is 9.83. The van der Waals surface area contributed by atoms with Gasteiger partial charge in [0.2, 0.25) is 0 Å². The van der Waals surface area contributed by atoms with Crippen molar-refractivity contribution in [3.63, 3.8) is 0 Å². The van der Waals surface area contributed by atoms with Crippen molar-refractivity contribution in [2.24, 2.45) is 17.6 Å². The molecule has 0 aliphatic heterocycles. The van der Waals surface area contributed by atoms with Crippen LogP contribution in [0.5, 0.6) is 0 Å². The van der Waals surface area contributed by atoms with Gasteiger partial charge in [-0.1, -0.05) is 20.8 Å². The first-order valence-corrected chi connectivity index (χ1v) is 8.67. The molecule has 0 saturated carbocycles. The van der Waals surface area contributed by atoms with Gasteiger partial charge in [0.15, 0.2) is 0 Å². The lowest BCUT2D eigenvalue weighted by atomic mass is 9.91. The molecule has 120 valence electrons. The van der Waals surface area contributed by atoms with E-state index in [1.165, 1.54) is 0 Å². The summed E-state index contributed by atoms with van der Waals surface area (Å²) in [7, 11) is 0. The highest BCUT2D eigenvalue weighted by Crippen LogP contribution is 2.24. The highest BCUT2D eigenvalue weighted by molar-refractivity contribution is 9.10. The van der Waals surface area contributed by atoms with E-state index in [9.17, 15) is 4.79 Å². The zero-order valence-corrected chi connectivity index (χ0v) is 15.2. The van der Waals surface area contributed by atoms with Crippen LogP contribution in [0.15, 0.2) is 4.47 Å². The molecule has 1 rings (SSSR count). The summed E-state index contributed by atoms with van der Waals surface area (Å²) in [5.41, 5.74) is 7.82. The molecule has 0 spiro atoms. The molecule has 0 radical (unpaired) electrons. The van der Waals surface area contributed by atoms with Gasteiger partial charge in [-0.15, -0.1) is 0 Å². The molecule has 0 aliphatic rings. The number of hydrogen-bond donors (Lipinski definition) is 1. The molecular weight excluding hydrogens is 330 g/mol. The SMILES string of the molecule is CCc1nn(CC)c(CC(=O)CC(CN)CC(C)C)c1Br. The van der Waals surface area contributed by atoms with Gasteiger partial charge in [0, 0.05) is 19.4 Å². The third kappa shape index (κ3) is 5.22. The first kappa shape index (κ1) is 18.4. The van der Waals surface area contributed by atoms with Gasteiger partial charge in [-0.3, -0.25) is 9.48 Å². The summed E-state index contributed by atoms with van der Waals surface area (Å²) in [6, 6.07) is 0. The van der Waals surface area contributed by atoms with Gasteiger partial charge in [-0.2, -0.15) is 5.10 Å². The first-order chi connectivity index (χ1) is 9.92. The molecule has 0 aromatic carbocycles. The molecule has 2 N–H and O–H groups in total. The minimum Gasteiger partial charge on any atom is -0.330 e. The summed E-state index contributed by atoms with van der Waals surface area (Å²) in [5.74, 6) is 1.12. The van der Waals surface area contributed by atoms with Crippen LogP contribution in [-0.2, 0) is 24.2 Å². The Morgan fingerprint density at radius 1 is 1.38 bits per heavy atom. The van der Waals surface area contributed by atoms with Gasteiger partial charge in [0.1, 0.15) is 5.78 Å². The molecule has 0 aliphatic carbocycles. The largest absolute Gasteiger partial charge is 0.330 e. The Hall–Kier alpha value is -0.680. The van der Waals surface area contributed by atoms with Gasteiger partial charge < -0.3 is 5.73 Å². The molecule has 1 heterocycles. The molecule has 4 nitrogen and oxygen atoms in total. The summed E-state index contributed by atoms with van der Waals surface area (Å²) >= 11 is 3.59. The number of hydrogen-bond acceptors (Lipinski definition) is 3. The highest BCUT2D eigenvalue weighted by Gasteiger charge is 2.19. The minimum absolute atomic E-state index is 0.254. The minimum atomic E-state index is 0.254. The van der Waals surface area contributed by atoms with Crippen molar-refractivity contribution in [1.82, 2.24) is 9.78 Å². The van der Waals surface area contributed by atoms with Crippen molar-refractivity contribution in [3.8, 4) is 0 Å². The van der Waals surface area contributed by atoms with Gasteiger partial charge >= 0.3 is 0 Å². The topological polar surface area (TPSA) is 60.9 Å². The van der Waals surface area contributed by atoms with Crippen molar-refractivity contribution in [1.29, 1.82) is 0 Å². The zero-order valence-electron chi connectivity index (χ0n) is 13.7. The number of nitrogens with zero attached hydrogens (tertiary/aromatic N) is 2. The number of aromatic nitrogens is 2. The molecule has 0 bridgehead atoms. The Morgan fingerprint density at radius 2 is 2.05 bits per heavy atom. The predicted octanol–water partition coefficient (Wildman–Crippen LogP) is 3.35. The van der Waals surface area contributed by atoms with Crippen molar-refractivity contribution in [2.75, 3.05) is 6.54 Å². The van der Waals surface area contributed by atoms with Gasteiger partial charge in [0.05, 0.1) is 15.9 Å². The summed E-state index contributed by atoms with van der Waals surface area (Å²) < 4.78 is 2.93. The van der Waals surface area contributed by atoms with Crippen LogP contribution in [0, 0.1) is 11.8 Å². The monoisotopic (exact) mass is 357 g/mol. The predicted molar refractivity (Wildman–Crippen MR) is 90.3 cm³/mol. The Kier molecular flexibility index (Phi) is 7.60. The lowest BCUT2D eigenvalue weighted by Gasteiger charge is -2.16. The maximum atomic E-state index is 12.4. The van der Waals surface area contributed by atoms with E-state index in [1.54, 1.807) is 0 Å². The quantitative estimate of drug-likeness (QED) is 0.736. The number of Topliss-reactive ketones (excluding diaryl/α,β-unsaturated/α-hetero) is 1. The van der Waals surface area contributed by atoms with E-state index >= 15 is 0 Å². The molecule has 1 atom stereocenters. The molecule has 0 fully saturated rings. The molecular formula is C16H28BrN3O. The molecule has 0 amide bonds. The van der Waals surface area contributed by atoms with E-state index in [-0.39, 0.29) is 5.78 Å². The fourth-order valence-electron chi connectivity index (χ4n) is 2.70. The lowest BCUT2D eigenvalue weighted by Crippen LogP contribution is -2.21. The van der Waals surface area contributed by atoms with Crippen LogP contribution in [0.25, 0.3) is 0 Å². The van der Waals surface area contributed by atoms with E-state index < -0.39 is 0 Å². The lowest BCUT2D eigenvalue weighted by molar-refractivity contribution is -0.119. The van der Waals surface area contributed by atoms with Crippen molar-refractivity contribution in [2.45, 2.75) is 59.9 Å². The van der Waals surface area contributed by atoms with Crippen LogP contribution < -0.4 is 5.73 Å². The second-order valence-corrected chi connectivity index (χ2v) is 6.82. The summed E-state index contributed by atoms with van der Waals surface area (Å²) in [4.78, 5) is 12.4. The smallest absolute Gasteiger partial charge is 0.139 e. The number of halogens is 1. The third-order valence-electron chi connectivity index (χ3n) is 3.71. The Labute approximate surface area is 136 Å². The highest BCUT2D eigenvalue weighted by atomic mass is 79.9. The average molecular weight is 358 g/mol. The number of carbonyl (C=O) groups excluding carboxylic acids is 1. The fraction of sp³-hybridized carbons (Fsp3) is 0.750. The summed E-state index contributed by atoms with van der Waals surface area (Å²) in [5, 5.41) is 4.54. The Bertz CT molecular complexity index is 468. The maximum absolute atomic E-state index is 12.4. The van der Waals surface area contributed by atoms with E-state index in [0.29, 0.717) is 31.2 Å². The number of aryl methyl sites for hydroxylation is 2. The van der Waals surface area contributed by atoms with Crippen LogP contribution in [0.3, 0.4) is 0 Å². The number of rotatable bonds is 9. The second kappa shape index (κ2) is 8.69. The van der Waals surface area contributed by atoms with Gasteiger partial charge in [0.25, 0.3) is 0 Å². The normalized spacial score (nSPS) is 12.9. The van der Waals surface area contributed by atoms with Crippen LogP contribution in [0.1, 0.15) is 51.9 Å². The van der Waals surface area contributed by atoms with Crippen molar-refractivity contribution in [3.05, 3.63) is 15.9 Å². The van der Waals surface area contributed by atoms with Gasteiger partial charge in [-0.05, 0) is 54.1 Å². The standard InChI is InChI=1S/C16H28BrN3O/c1-5-14-16(17)15(20(6-2)19-14)9-13(21)8-12(10-18)7-11(3)4/h11-12H,5-10,18H2,1-4H3. The van der Waals surface area contributed by atoms with Crippen LogP contribution >= 0.6 is 15.9 Å². The van der Waals surface area contributed by atoms with E-state index in [4.69, 9.17) is 5.73 Å². The third-order valence-corrected chi connectivity index (χ3v) is 4.63. The molecule has 0 saturated heterocycles. The molecule has 1 unspecified atom stereocenters. The maximum Gasteiger partial charge on any atom is 0.139 e. The fourth-order valence-corrected chi connectivity index (χ4v) is 3.40. The van der Waals surface area contributed by atoms with Crippen LogP contribution in [0.4, 0.5) is 0 Å². The van der Waals surface area contributed by atoms with Crippen LogP contribution in [0.2, 0.25) is 0 Å². The number of carbonyl (C=O) groups is 1. The Balaban J connectivity index is 2.76. The van der Waals surface area contributed by atoms with E-state index in [1.807, 2.05) is 11.6 Å². The first-order valence-electron chi connectivity index (χ1n) is 7.88. The van der Waals surface area contributed by atoms with E-state index in [0.717, 1.165) is 35.2 Å². The number of nitrogens with two attached hydrogens (primary N) is 1. The van der Waals surface area contributed by atoms with E-state index in [2.05, 4.69) is 41.8 Å². The molecule has 1 aromatic heterocycles. The van der Waals surface area contributed by atoms with Crippen molar-refractivity contribution < 1.29 is 4.79 Å². The summed E-state index contributed by atoms with van der Waals surface area (Å²) in [6.07, 6.45) is 2.89. The van der Waals surface area contributed by atoms with Gasteiger partial charge in [-0.25, -0.2) is 0 Å². The second-order valence-electron chi connectivity index (χ2n) is 6.03. The Morgan fingerprint density at radius 3 is 2.52 bits per heavy atom. The number of ketones is 1. The molecule has 5 heteroatoms. The average Bonchev–Trinajstić information content (AvgIpc) is 2.73. The van der Waals surface area contributed by atoms with Crippen molar-refractivity contribution >= 4 is 21.7 Å². The molecule has 1 aromatic rings. The molecule has 21 heavy (non-hydrogen) atoms. The van der Waals surface area contributed by atoms with Crippen LogP contribution in [-0.4, -0.2) is 22.1 Å².